The van der Waals surface area contributed by atoms with Crippen molar-refractivity contribution >= 4 is 11.4 Å². The molecule has 1 aliphatic carbocycles. The molecule has 0 aliphatic heterocycles. The van der Waals surface area contributed by atoms with Crippen LogP contribution in [0.1, 0.15) is 24.0 Å². The standard InChI is InChI=1S/C21H18N2/c1-15(22-23-16-9-3-2-4-10-16)21-19-13-7-5-11-17(19)18-12-6-8-14-20(18)21/h2-14,21,23H,1H3. The van der Waals surface area contributed by atoms with Crippen LogP contribution < -0.4 is 5.43 Å². The van der Waals surface area contributed by atoms with Crippen molar-refractivity contribution in [2.24, 2.45) is 5.10 Å². The van der Waals surface area contributed by atoms with Crippen molar-refractivity contribution in [2.45, 2.75) is 12.8 Å². The van der Waals surface area contributed by atoms with Crippen LogP contribution in [-0.2, 0) is 0 Å². The van der Waals surface area contributed by atoms with Gasteiger partial charge in [-0.05, 0) is 41.3 Å². The number of para-hydroxylation sites is 1. The molecule has 23 heavy (non-hydrogen) atoms. The quantitative estimate of drug-likeness (QED) is 0.516. The van der Waals surface area contributed by atoms with Crippen molar-refractivity contribution in [1.29, 1.82) is 0 Å². The van der Waals surface area contributed by atoms with E-state index in [1.54, 1.807) is 0 Å². The van der Waals surface area contributed by atoms with Gasteiger partial charge < -0.3 is 0 Å². The monoisotopic (exact) mass is 298 g/mol. The van der Waals surface area contributed by atoms with Gasteiger partial charge in [-0.2, -0.15) is 5.10 Å². The maximum Gasteiger partial charge on any atom is 0.0561 e. The van der Waals surface area contributed by atoms with Crippen molar-refractivity contribution in [3.8, 4) is 11.1 Å². The van der Waals surface area contributed by atoms with E-state index in [9.17, 15) is 0 Å². The van der Waals surface area contributed by atoms with E-state index >= 15 is 0 Å². The van der Waals surface area contributed by atoms with Crippen molar-refractivity contribution in [2.75, 3.05) is 5.43 Å². The molecule has 4 rings (SSSR count). The normalized spacial score (nSPS) is 13.5. The van der Waals surface area contributed by atoms with E-state index < -0.39 is 0 Å². The summed E-state index contributed by atoms with van der Waals surface area (Å²) in [7, 11) is 0. The highest BCUT2D eigenvalue weighted by Gasteiger charge is 2.29. The molecule has 3 aromatic rings. The van der Waals surface area contributed by atoms with E-state index in [0.29, 0.717) is 0 Å². The van der Waals surface area contributed by atoms with Gasteiger partial charge in [-0.25, -0.2) is 0 Å². The van der Waals surface area contributed by atoms with E-state index in [1.807, 2.05) is 30.3 Å². The Morgan fingerprint density at radius 3 is 1.87 bits per heavy atom. The Kier molecular flexibility index (Phi) is 3.43. The Bertz CT molecular complexity index is 820. The largest absolute Gasteiger partial charge is 0.279 e. The zero-order valence-corrected chi connectivity index (χ0v) is 13.0. The molecule has 0 radical (unpaired) electrons. The van der Waals surface area contributed by atoms with Gasteiger partial charge in [0.05, 0.1) is 11.6 Å². The van der Waals surface area contributed by atoms with Gasteiger partial charge in [-0.1, -0.05) is 66.7 Å². The van der Waals surface area contributed by atoms with Gasteiger partial charge in [0.2, 0.25) is 0 Å². The van der Waals surface area contributed by atoms with Crippen molar-refractivity contribution in [3.63, 3.8) is 0 Å². The molecule has 0 heterocycles. The van der Waals surface area contributed by atoms with Crippen LogP contribution in [0.15, 0.2) is 84.0 Å². The Labute approximate surface area is 136 Å². The van der Waals surface area contributed by atoms with Gasteiger partial charge in [-0.15, -0.1) is 0 Å². The number of hydrogen-bond donors (Lipinski definition) is 1. The summed E-state index contributed by atoms with van der Waals surface area (Å²) in [6.45, 7) is 2.10. The first kappa shape index (κ1) is 13.8. The summed E-state index contributed by atoms with van der Waals surface area (Å²) in [6.07, 6.45) is 0. The lowest BCUT2D eigenvalue weighted by Crippen LogP contribution is -2.10. The fourth-order valence-electron chi connectivity index (χ4n) is 3.34. The summed E-state index contributed by atoms with van der Waals surface area (Å²) in [5.74, 6) is 0.221. The summed E-state index contributed by atoms with van der Waals surface area (Å²) in [5, 5.41) is 4.64. The molecule has 1 N–H and O–H groups in total. The molecule has 0 saturated carbocycles. The minimum absolute atomic E-state index is 0.221. The van der Waals surface area contributed by atoms with Crippen LogP contribution in [-0.4, -0.2) is 5.71 Å². The van der Waals surface area contributed by atoms with Crippen LogP contribution in [0.2, 0.25) is 0 Å². The summed E-state index contributed by atoms with van der Waals surface area (Å²) in [6, 6.07) is 27.3. The van der Waals surface area contributed by atoms with Crippen molar-refractivity contribution < 1.29 is 0 Å². The Hall–Kier alpha value is -2.87. The van der Waals surface area contributed by atoms with Crippen molar-refractivity contribution in [1.82, 2.24) is 0 Å². The number of anilines is 1. The lowest BCUT2D eigenvalue weighted by molar-refractivity contribution is 1.10. The molecule has 0 spiro atoms. The zero-order chi connectivity index (χ0) is 15.6. The highest BCUT2D eigenvalue weighted by molar-refractivity contribution is 5.99. The molecule has 3 aromatic carbocycles. The number of nitrogens with one attached hydrogen (secondary N) is 1. The zero-order valence-electron chi connectivity index (χ0n) is 13.0. The number of hydrogen-bond acceptors (Lipinski definition) is 2. The van der Waals surface area contributed by atoms with Gasteiger partial charge >= 0.3 is 0 Å². The Morgan fingerprint density at radius 1 is 0.739 bits per heavy atom. The minimum atomic E-state index is 0.221. The summed E-state index contributed by atoms with van der Waals surface area (Å²) >= 11 is 0. The second kappa shape index (κ2) is 5.73. The van der Waals surface area contributed by atoms with Gasteiger partial charge in [0, 0.05) is 5.71 Å². The first-order chi connectivity index (χ1) is 11.3. The summed E-state index contributed by atoms with van der Waals surface area (Å²) in [5.41, 5.74) is 10.6. The summed E-state index contributed by atoms with van der Waals surface area (Å²) in [4.78, 5) is 0. The highest BCUT2D eigenvalue weighted by Crippen LogP contribution is 2.45. The third kappa shape index (κ3) is 2.42. The molecule has 1 aliphatic rings. The molecule has 2 heteroatoms. The predicted molar refractivity (Wildman–Crippen MR) is 96.9 cm³/mol. The van der Waals surface area contributed by atoms with Crippen molar-refractivity contribution in [3.05, 3.63) is 90.0 Å². The Morgan fingerprint density at radius 2 is 1.26 bits per heavy atom. The van der Waals surface area contributed by atoms with Crippen LogP contribution in [0.25, 0.3) is 11.1 Å². The highest BCUT2D eigenvalue weighted by atomic mass is 15.3. The molecule has 0 amide bonds. The molecule has 0 aromatic heterocycles. The van der Waals surface area contributed by atoms with E-state index in [4.69, 9.17) is 0 Å². The maximum atomic E-state index is 4.64. The minimum Gasteiger partial charge on any atom is -0.279 e. The van der Waals surface area contributed by atoms with Crippen LogP contribution >= 0.6 is 0 Å². The lowest BCUT2D eigenvalue weighted by atomic mass is 9.93. The number of hydrazone groups is 1. The fraction of sp³-hybridized carbons (Fsp3) is 0.0952. The van der Waals surface area contributed by atoms with Crippen LogP contribution in [0.5, 0.6) is 0 Å². The van der Waals surface area contributed by atoms with E-state index in [-0.39, 0.29) is 5.92 Å². The molecule has 0 fully saturated rings. The molecule has 2 nitrogen and oxygen atoms in total. The second-order valence-corrected chi connectivity index (χ2v) is 5.84. The third-order valence-electron chi connectivity index (χ3n) is 4.39. The lowest BCUT2D eigenvalue weighted by Gasteiger charge is -2.13. The summed E-state index contributed by atoms with van der Waals surface area (Å²) < 4.78 is 0. The number of rotatable bonds is 3. The number of nitrogens with zero attached hydrogens (tertiary/aromatic N) is 1. The molecule has 112 valence electrons. The van der Waals surface area contributed by atoms with E-state index in [2.05, 4.69) is 66.0 Å². The van der Waals surface area contributed by atoms with E-state index in [0.717, 1.165) is 11.4 Å². The van der Waals surface area contributed by atoms with Crippen LogP contribution in [0.4, 0.5) is 5.69 Å². The predicted octanol–water partition coefficient (Wildman–Crippen LogP) is 5.29. The van der Waals surface area contributed by atoms with Crippen LogP contribution in [0.3, 0.4) is 0 Å². The molecule has 0 bridgehead atoms. The average Bonchev–Trinajstić information content (AvgIpc) is 2.95. The average molecular weight is 298 g/mol. The van der Waals surface area contributed by atoms with Gasteiger partial charge in [0.1, 0.15) is 0 Å². The topological polar surface area (TPSA) is 24.4 Å². The van der Waals surface area contributed by atoms with Gasteiger partial charge in [-0.3, -0.25) is 5.43 Å². The Balaban J connectivity index is 1.73. The third-order valence-corrected chi connectivity index (χ3v) is 4.39. The fourth-order valence-corrected chi connectivity index (χ4v) is 3.34. The first-order valence-electron chi connectivity index (χ1n) is 7.88. The number of benzene rings is 3. The number of fused-ring (bicyclic) bond motifs is 3. The maximum absolute atomic E-state index is 4.64. The molecular formula is C21H18N2. The first-order valence-corrected chi connectivity index (χ1v) is 7.88. The molecule has 0 atom stereocenters. The molecule has 0 saturated heterocycles. The van der Waals surface area contributed by atoms with Gasteiger partial charge in [0.15, 0.2) is 0 Å². The SMILES string of the molecule is CC(=NNc1ccccc1)C1c2ccccc2-c2ccccc21. The second-order valence-electron chi connectivity index (χ2n) is 5.84. The van der Waals surface area contributed by atoms with Crippen LogP contribution in [0, 0.1) is 0 Å². The smallest absolute Gasteiger partial charge is 0.0561 e. The van der Waals surface area contributed by atoms with E-state index in [1.165, 1.54) is 22.3 Å². The molecule has 0 unspecified atom stereocenters. The molecular weight excluding hydrogens is 280 g/mol. The van der Waals surface area contributed by atoms with Gasteiger partial charge in [0.25, 0.3) is 0 Å².